The molecule has 0 spiro atoms. The summed E-state index contributed by atoms with van der Waals surface area (Å²) in [6, 6.07) is 5.38. The molecule has 1 heterocycles. The maximum atomic E-state index is 11.4. The normalized spacial score (nSPS) is 20.2. The summed E-state index contributed by atoms with van der Waals surface area (Å²) in [7, 11) is 1.70. The van der Waals surface area contributed by atoms with E-state index in [4.69, 9.17) is 5.73 Å². The van der Waals surface area contributed by atoms with Crippen molar-refractivity contribution in [2.45, 2.75) is 13.0 Å². The predicted molar refractivity (Wildman–Crippen MR) is 66.4 cm³/mol. The fourth-order valence-electron chi connectivity index (χ4n) is 1.79. The quantitative estimate of drug-likeness (QED) is 0.858. The summed E-state index contributed by atoms with van der Waals surface area (Å²) in [5, 5.41) is 0. The molecule has 4 nitrogen and oxygen atoms in total. The van der Waals surface area contributed by atoms with Crippen LogP contribution < -0.4 is 5.73 Å². The first-order valence-corrected chi connectivity index (χ1v) is 5.67. The van der Waals surface area contributed by atoms with Gasteiger partial charge in [0.1, 0.15) is 11.9 Å². The number of aryl methyl sites for hydroxylation is 1. The third-order valence-corrected chi connectivity index (χ3v) is 3.58. The van der Waals surface area contributed by atoms with Gasteiger partial charge >= 0.3 is 6.03 Å². The first-order chi connectivity index (χ1) is 7.50. The first kappa shape index (κ1) is 11.1. The molecule has 0 saturated heterocycles. The molecule has 84 valence electrons. The second-order valence-corrected chi connectivity index (χ2v) is 4.70. The van der Waals surface area contributed by atoms with Gasteiger partial charge in [-0.2, -0.15) is 4.99 Å². The van der Waals surface area contributed by atoms with E-state index in [0.717, 1.165) is 15.6 Å². The van der Waals surface area contributed by atoms with Crippen LogP contribution in [0.3, 0.4) is 0 Å². The topological polar surface area (TPSA) is 58.7 Å². The second kappa shape index (κ2) is 3.90. The second-order valence-electron chi connectivity index (χ2n) is 3.84. The van der Waals surface area contributed by atoms with Crippen molar-refractivity contribution in [3.8, 4) is 0 Å². The maximum absolute atomic E-state index is 11.4. The van der Waals surface area contributed by atoms with E-state index in [-0.39, 0.29) is 12.1 Å². The van der Waals surface area contributed by atoms with Crippen LogP contribution in [0.15, 0.2) is 27.7 Å². The van der Waals surface area contributed by atoms with E-state index >= 15 is 0 Å². The molecule has 1 aliphatic rings. The molecule has 0 aromatic heterocycles. The summed E-state index contributed by atoms with van der Waals surface area (Å²) >= 11 is 3.44. The molecule has 0 saturated carbocycles. The Morgan fingerprint density at radius 3 is 2.69 bits per heavy atom. The molecule has 1 atom stereocenters. The van der Waals surface area contributed by atoms with Crippen molar-refractivity contribution in [3.05, 3.63) is 33.8 Å². The molecule has 2 rings (SSSR count). The van der Waals surface area contributed by atoms with Gasteiger partial charge in [-0.15, -0.1) is 0 Å². The van der Waals surface area contributed by atoms with Crippen LogP contribution in [0.2, 0.25) is 0 Å². The Morgan fingerprint density at radius 2 is 2.19 bits per heavy atom. The number of nitrogens with two attached hydrogens (primary N) is 1. The van der Waals surface area contributed by atoms with Crippen LogP contribution in [0.4, 0.5) is 4.79 Å². The Balaban J connectivity index is 2.42. The Kier molecular flexibility index (Phi) is 2.71. The van der Waals surface area contributed by atoms with Crippen molar-refractivity contribution in [2.24, 2.45) is 10.7 Å². The number of carbonyl (C=O) groups excluding carboxylic acids is 1. The van der Waals surface area contributed by atoms with Crippen molar-refractivity contribution in [3.63, 3.8) is 0 Å². The van der Waals surface area contributed by atoms with Gasteiger partial charge in [-0.1, -0.05) is 28.1 Å². The highest BCUT2D eigenvalue weighted by Crippen LogP contribution is 2.28. The van der Waals surface area contributed by atoms with Gasteiger partial charge in [0.05, 0.1) is 0 Å². The highest BCUT2D eigenvalue weighted by Gasteiger charge is 2.31. The van der Waals surface area contributed by atoms with E-state index in [1.54, 1.807) is 7.05 Å². The average molecular weight is 282 g/mol. The van der Waals surface area contributed by atoms with E-state index in [1.165, 1.54) is 4.90 Å². The van der Waals surface area contributed by atoms with Crippen LogP contribution in [0.1, 0.15) is 17.2 Å². The van der Waals surface area contributed by atoms with E-state index in [9.17, 15) is 4.79 Å². The van der Waals surface area contributed by atoms with Crippen LogP contribution in [-0.4, -0.2) is 23.8 Å². The molecule has 0 fully saturated rings. The lowest BCUT2D eigenvalue weighted by Crippen LogP contribution is -2.30. The summed E-state index contributed by atoms with van der Waals surface area (Å²) < 4.78 is 1.04. The third kappa shape index (κ3) is 1.71. The fourth-order valence-corrected chi connectivity index (χ4v) is 2.04. The van der Waals surface area contributed by atoms with Gasteiger partial charge < -0.3 is 10.6 Å². The molecule has 5 heteroatoms. The highest BCUT2D eigenvalue weighted by molar-refractivity contribution is 9.10. The highest BCUT2D eigenvalue weighted by atomic mass is 79.9. The smallest absolute Gasteiger partial charge is 0.345 e. The number of hydrogen-bond donors (Lipinski definition) is 1. The monoisotopic (exact) mass is 281 g/mol. The van der Waals surface area contributed by atoms with E-state index < -0.39 is 0 Å². The van der Waals surface area contributed by atoms with E-state index in [1.807, 2.05) is 25.1 Å². The number of nitrogens with zero attached hydrogens (tertiary/aromatic N) is 2. The van der Waals surface area contributed by atoms with Gasteiger partial charge in [-0.05, 0) is 24.1 Å². The lowest BCUT2D eigenvalue weighted by molar-refractivity contribution is 0.218. The van der Waals surface area contributed by atoms with Gasteiger partial charge in [0.2, 0.25) is 0 Å². The molecule has 2 N–H and O–H groups in total. The third-order valence-electron chi connectivity index (χ3n) is 2.69. The van der Waals surface area contributed by atoms with Gasteiger partial charge in [0, 0.05) is 11.5 Å². The van der Waals surface area contributed by atoms with Gasteiger partial charge in [0.15, 0.2) is 0 Å². The van der Waals surface area contributed by atoms with Crippen LogP contribution >= 0.6 is 15.9 Å². The predicted octanol–water partition coefficient (Wildman–Crippen LogP) is 2.22. The number of urea groups is 1. The summed E-state index contributed by atoms with van der Waals surface area (Å²) in [5.74, 6) is 0.356. The molecule has 0 bridgehead atoms. The van der Waals surface area contributed by atoms with Gasteiger partial charge in [-0.3, -0.25) is 0 Å². The molecule has 16 heavy (non-hydrogen) atoms. The minimum absolute atomic E-state index is 0.237. The molecule has 1 aromatic carbocycles. The SMILES string of the molecule is Cc1cc(C2C(N)=NC(=O)N2C)ccc1Br. The molecule has 0 aliphatic carbocycles. The molecule has 1 unspecified atom stereocenters. The number of benzene rings is 1. The zero-order chi connectivity index (χ0) is 11.9. The van der Waals surface area contributed by atoms with Crippen LogP contribution in [0.25, 0.3) is 0 Å². The summed E-state index contributed by atoms with van der Waals surface area (Å²) in [4.78, 5) is 16.7. The van der Waals surface area contributed by atoms with Crippen molar-refractivity contribution in [1.82, 2.24) is 4.90 Å². The fraction of sp³-hybridized carbons (Fsp3) is 0.273. The summed E-state index contributed by atoms with van der Waals surface area (Å²) in [6.07, 6.45) is 0. The van der Waals surface area contributed by atoms with E-state index in [2.05, 4.69) is 20.9 Å². The Labute approximate surface area is 102 Å². The van der Waals surface area contributed by atoms with Crippen molar-refractivity contribution in [1.29, 1.82) is 0 Å². The molecular weight excluding hydrogens is 270 g/mol. The molecular formula is C11H12BrN3O. The lowest BCUT2D eigenvalue weighted by Gasteiger charge is -2.20. The number of halogens is 1. The lowest BCUT2D eigenvalue weighted by atomic mass is 10.0. The van der Waals surface area contributed by atoms with Crippen molar-refractivity contribution < 1.29 is 4.79 Å². The van der Waals surface area contributed by atoms with Gasteiger partial charge in [0.25, 0.3) is 0 Å². The number of amides is 2. The number of likely N-dealkylation sites (N-methyl/N-ethyl adjacent to an activating group) is 1. The standard InChI is InChI=1S/C11H12BrN3O/c1-6-5-7(3-4-8(6)12)9-10(13)14-11(16)15(9)2/h3-5,9H,1-2H3,(H2,13,14,16). The zero-order valence-electron chi connectivity index (χ0n) is 9.07. The number of amidine groups is 1. The Hall–Kier alpha value is -1.36. The minimum Gasteiger partial charge on any atom is -0.385 e. The minimum atomic E-state index is -0.289. The van der Waals surface area contributed by atoms with Crippen LogP contribution in [0, 0.1) is 6.92 Å². The summed E-state index contributed by atoms with van der Waals surface area (Å²) in [6.45, 7) is 2.00. The molecule has 2 amide bonds. The van der Waals surface area contributed by atoms with Crippen molar-refractivity contribution >= 4 is 27.8 Å². The number of aliphatic imine (C=N–C) groups is 1. The molecule has 1 aromatic rings. The average Bonchev–Trinajstić information content (AvgIpc) is 2.47. The van der Waals surface area contributed by atoms with Crippen molar-refractivity contribution in [2.75, 3.05) is 7.05 Å². The van der Waals surface area contributed by atoms with Gasteiger partial charge in [-0.25, -0.2) is 4.79 Å². The Bertz CT molecular complexity index is 484. The largest absolute Gasteiger partial charge is 0.385 e. The molecule has 1 aliphatic heterocycles. The number of rotatable bonds is 1. The van der Waals surface area contributed by atoms with E-state index in [0.29, 0.717) is 5.84 Å². The Morgan fingerprint density at radius 1 is 1.50 bits per heavy atom. The zero-order valence-corrected chi connectivity index (χ0v) is 10.7. The first-order valence-electron chi connectivity index (χ1n) is 4.87. The summed E-state index contributed by atoms with van der Waals surface area (Å²) in [5.41, 5.74) is 7.85. The number of hydrogen-bond acceptors (Lipinski definition) is 2. The maximum Gasteiger partial charge on any atom is 0.345 e. The number of carbonyl (C=O) groups is 1. The molecule has 0 radical (unpaired) electrons. The van der Waals surface area contributed by atoms with Crippen LogP contribution in [-0.2, 0) is 0 Å². The van der Waals surface area contributed by atoms with Crippen LogP contribution in [0.5, 0.6) is 0 Å².